The number of para-hydroxylation sites is 1. The maximum Gasteiger partial charge on any atom is 0.406 e. The van der Waals surface area contributed by atoms with Crippen molar-refractivity contribution < 1.29 is 42.3 Å². The predicted molar refractivity (Wildman–Crippen MR) is 188 cm³/mol. The fourth-order valence-electron chi connectivity index (χ4n) is 6.64. The summed E-state index contributed by atoms with van der Waals surface area (Å²) in [6.07, 6.45) is -0.506. The zero-order valence-electron chi connectivity index (χ0n) is 29.0. The predicted octanol–water partition coefficient (Wildman–Crippen LogP) is 4.60. The van der Waals surface area contributed by atoms with E-state index in [1.165, 1.54) is 36.2 Å². The van der Waals surface area contributed by atoms with E-state index in [1.54, 1.807) is 12.1 Å². The summed E-state index contributed by atoms with van der Waals surface area (Å²) in [4.78, 5) is 36.9. The molecule has 0 spiro atoms. The number of nitro benzene ring substituents is 1. The first kappa shape index (κ1) is 39.3. The highest BCUT2D eigenvalue weighted by Crippen LogP contribution is 2.44. The van der Waals surface area contributed by atoms with Crippen LogP contribution in [0.3, 0.4) is 0 Å². The molecule has 0 aliphatic carbocycles. The number of alkyl carbamates (subject to hydrolysis) is 1. The van der Waals surface area contributed by atoms with Crippen LogP contribution in [0.5, 0.6) is 0 Å². The summed E-state index contributed by atoms with van der Waals surface area (Å²) in [7, 11) is -1.78. The van der Waals surface area contributed by atoms with Gasteiger partial charge in [-0.15, -0.1) is 0 Å². The van der Waals surface area contributed by atoms with Crippen molar-refractivity contribution in [2.45, 2.75) is 62.0 Å². The van der Waals surface area contributed by atoms with Gasteiger partial charge in [0.15, 0.2) is 4.90 Å². The van der Waals surface area contributed by atoms with E-state index in [0.29, 0.717) is 30.5 Å². The number of aliphatic hydroxyl groups excluding tert-OH is 1. The van der Waals surface area contributed by atoms with Gasteiger partial charge in [-0.1, -0.05) is 55.5 Å². The Balaban J connectivity index is 1.57. The van der Waals surface area contributed by atoms with E-state index in [1.807, 2.05) is 25.1 Å². The Morgan fingerprint density at radius 2 is 1.90 bits per heavy atom. The van der Waals surface area contributed by atoms with E-state index in [9.17, 15) is 38.3 Å². The van der Waals surface area contributed by atoms with Crippen LogP contribution in [0.4, 0.5) is 14.9 Å². The van der Waals surface area contributed by atoms with Crippen molar-refractivity contribution in [1.29, 1.82) is 0 Å². The topological polar surface area (TPSA) is 180 Å². The Hall–Kier alpha value is -4.44. The summed E-state index contributed by atoms with van der Waals surface area (Å²) >= 11 is 0. The van der Waals surface area contributed by atoms with Crippen LogP contribution in [0, 0.1) is 21.8 Å². The van der Waals surface area contributed by atoms with Crippen LogP contribution in [0.25, 0.3) is 11.1 Å². The van der Waals surface area contributed by atoms with Gasteiger partial charge in [-0.25, -0.2) is 17.6 Å². The molecule has 51 heavy (non-hydrogen) atoms. The Kier molecular flexibility index (Phi) is 13.3. The standard InChI is InChI=1S/C36H45FN4O9S/c1-4-25-11-7-12-26(21-25)34-29(14-8-15-30(34)37)36(45,18-10-20-50-35(44)38-2)27-13-9-19-40(23-27)33(43)22-28(42)24-39(3)51(48,49)32-17-6-5-16-31(32)41(46)47/h5-8,11-12,14-17,21,27-28,42,45H,4,9-10,13,18-20,22-24H2,1-3H3,(H,38,44)/t27-,28?,36?/m1/s1. The molecule has 276 valence electrons. The van der Waals surface area contributed by atoms with Crippen LogP contribution in [-0.4, -0.2) is 91.2 Å². The highest BCUT2D eigenvalue weighted by Gasteiger charge is 2.43. The second kappa shape index (κ2) is 17.2. The second-order valence-corrected chi connectivity index (χ2v) is 14.7. The highest BCUT2D eigenvalue weighted by molar-refractivity contribution is 7.89. The van der Waals surface area contributed by atoms with Crippen molar-refractivity contribution in [3.8, 4) is 11.1 Å². The minimum atomic E-state index is -4.37. The Morgan fingerprint density at radius 3 is 2.61 bits per heavy atom. The molecule has 3 atom stereocenters. The van der Waals surface area contributed by atoms with Crippen LogP contribution in [0.1, 0.15) is 50.2 Å². The number of nitrogens with zero attached hydrogens (tertiary/aromatic N) is 3. The van der Waals surface area contributed by atoms with Gasteiger partial charge < -0.3 is 25.2 Å². The van der Waals surface area contributed by atoms with E-state index in [0.717, 1.165) is 35.5 Å². The number of halogens is 1. The van der Waals surface area contributed by atoms with Gasteiger partial charge in [-0.3, -0.25) is 14.9 Å². The number of aliphatic hydroxyl groups is 2. The average Bonchev–Trinajstić information content (AvgIpc) is 3.12. The number of likely N-dealkylation sites (tertiary alicyclic amines) is 1. The van der Waals surface area contributed by atoms with Gasteiger partial charge in [0.05, 0.1) is 29.7 Å². The highest BCUT2D eigenvalue weighted by atomic mass is 32.2. The van der Waals surface area contributed by atoms with Gasteiger partial charge in [-0.05, 0) is 60.9 Å². The van der Waals surface area contributed by atoms with Gasteiger partial charge in [0.2, 0.25) is 15.9 Å². The van der Waals surface area contributed by atoms with Crippen molar-refractivity contribution >= 4 is 27.7 Å². The number of hydrogen-bond acceptors (Lipinski definition) is 9. The minimum Gasteiger partial charge on any atom is -0.450 e. The molecule has 13 nitrogen and oxygen atoms in total. The molecule has 15 heteroatoms. The molecule has 1 fully saturated rings. The number of benzene rings is 3. The molecule has 0 saturated carbocycles. The molecule has 1 aliphatic heterocycles. The number of ether oxygens (including phenoxy) is 1. The average molecular weight is 729 g/mol. The zero-order valence-corrected chi connectivity index (χ0v) is 29.8. The first-order chi connectivity index (χ1) is 24.2. The lowest BCUT2D eigenvalue weighted by atomic mass is 9.72. The number of likely N-dealkylation sites (N-methyl/N-ethyl adjacent to an activating group) is 1. The molecule has 4 rings (SSSR count). The SMILES string of the molecule is CCc1cccc(-c2c(F)cccc2C(O)(CCCOC(=O)NC)[C@@H]2CCCN(C(=O)CC(O)CN(C)S(=O)(=O)c3ccccc3[N+](=O)[O-])C2)c1. The van der Waals surface area contributed by atoms with E-state index in [4.69, 9.17) is 4.74 Å². The molecule has 1 saturated heterocycles. The van der Waals surface area contributed by atoms with Gasteiger partial charge in [0.1, 0.15) is 5.82 Å². The van der Waals surface area contributed by atoms with E-state index < -0.39 is 73.9 Å². The summed E-state index contributed by atoms with van der Waals surface area (Å²) < 4.78 is 48.0. The largest absolute Gasteiger partial charge is 0.450 e. The smallest absolute Gasteiger partial charge is 0.406 e. The summed E-state index contributed by atoms with van der Waals surface area (Å²) in [5.74, 6) is -1.58. The fourth-order valence-corrected chi connectivity index (χ4v) is 8.00. The number of hydrogen-bond donors (Lipinski definition) is 3. The number of aryl methyl sites for hydroxylation is 1. The molecule has 3 aromatic carbocycles. The van der Waals surface area contributed by atoms with Crippen molar-refractivity contribution in [2.75, 3.05) is 40.3 Å². The minimum absolute atomic E-state index is 0.0118. The lowest BCUT2D eigenvalue weighted by Crippen LogP contribution is -2.49. The van der Waals surface area contributed by atoms with Gasteiger partial charge in [0, 0.05) is 51.3 Å². The number of nitro groups is 1. The maximum absolute atomic E-state index is 15.8. The Morgan fingerprint density at radius 1 is 1.18 bits per heavy atom. The summed E-state index contributed by atoms with van der Waals surface area (Å²) in [5.41, 5.74) is -0.114. The number of amides is 2. The van der Waals surface area contributed by atoms with E-state index in [2.05, 4.69) is 5.32 Å². The normalized spacial score (nSPS) is 16.7. The Bertz CT molecular complexity index is 1830. The van der Waals surface area contributed by atoms with Gasteiger partial charge >= 0.3 is 6.09 Å². The number of piperidine rings is 1. The van der Waals surface area contributed by atoms with Crippen molar-refractivity contribution in [2.24, 2.45) is 5.92 Å². The van der Waals surface area contributed by atoms with Crippen LogP contribution >= 0.6 is 0 Å². The molecular formula is C36H45FN4O9S. The first-order valence-electron chi connectivity index (χ1n) is 16.8. The molecule has 1 aliphatic rings. The van der Waals surface area contributed by atoms with Crippen molar-refractivity contribution in [1.82, 2.24) is 14.5 Å². The molecule has 3 aromatic rings. The number of carbonyl (C=O) groups excluding carboxylic acids is 2. The molecule has 1 heterocycles. The summed E-state index contributed by atoms with van der Waals surface area (Å²) in [6.45, 7) is 1.85. The van der Waals surface area contributed by atoms with Crippen LogP contribution in [0.15, 0.2) is 71.6 Å². The van der Waals surface area contributed by atoms with Gasteiger partial charge in [-0.2, -0.15) is 4.31 Å². The lowest BCUT2D eigenvalue weighted by molar-refractivity contribution is -0.387. The molecule has 2 unspecified atom stereocenters. The van der Waals surface area contributed by atoms with Gasteiger partial charge in [0.25, 0.3) is 5.69 Å². The monoisotopic (exact) mass is 728 g/mol. The molecule has 0 bridgehead atoms. The number of rotatable bonds is 15. The third-order valence-corrected chi connectivity index (χ3v) is 11.2. The van der Waals surface area contributed by atoms with E-state index >= 15 is 4.39 Å². The van der Waals surface area contributed by atoms with Crippen molar-refractivity contribution in [3.05, 3.63) is 93.8 Å². The Labute approximate surface area is 297 Å². The number of nitrogens with one attached hydrogen (secondary N) is 1. The van der Waals surface area contributed by atoms with Crippen LogP contribution < -0.4 is 5.32 Å². The third kappa shape index (κ3) is 9.27. The van der Waals surface area contributed by atoms with Crippen LogP contribution in [0.2, 0.25) is 0 Å². The number of sulfonamides is 1. The zero-order chi connectivity index (χ0) is 37.3. The summed E-state index contributed by atoms with van der Waals surface area (Å²) in [5, 5.41) is 37.3. The molecule has 3 N–H and O–H groups in total. The second-order valence-electron chi connectivity index (χ2n) is 12.7. The fraction of sp³-hybridized carbons (Fsp3) is 0.444. The molecule has 0 radical (unpaired) electrons. The molecular weight excluding hydrogens is 683 g/mol. The van der Waals surface area contributed by atoms with Crippen molar-refractivity contribution in [3.63, 3.8) is 0 Å². The maximum atomic E-state index is 15.8. The molecule has 2 amide bonds. The first-order valence-corrected chi connectivity index (χ1v) is 18.3. The van der Waals surface area contributed by atoms with E-state index in [-0.39, 0.29) is 31.6 Å². The third-order valence-electron chi connectivity index (χ3n) is 9.32. The lowest BCUT2D eigenvalue weighted by Gasteiger charge is -2.44. The van der Waals surface area contributed by atoms with Crippen LogP contribution in [-0.2, 0) is 31.6 Å². The quantitative estimate of drug-likeness (QED) is 0.115. The molecule has 0 aromatic heterocycles. The summed E-state index contributed by atoms with van der Waals surface area (Å²) in [6, 6.07) is 16.8. The number of carbonyl (C=O) groups is 2.